The van der Waals surface area contributed by atoms with E-state index in [2.05, 4.69) is 5.32 Å². The molecule has 31 heavy (non-hydrogen) atoms. The Kier molecular flexibility index (Phi) is 6.49. The minimum atomic E-state index is -0.575. The Morgan fingerprint density at radius 3 is 2.35 bits per heavy atom. The quantitative estimate of drug-likeness (QED) is 0.442. The summed E-state index contributed by atoms with van der Waals surface area (Å²) in [5.41, 5.74) is 1.22. The molecule has 0 bridgehead atoms. The number of piperazine rings is 1. The van der Waals surface area contributed by atoms with Crippen LogP contribution >= 0.6 is 0 Å². The molecule has 0 radical (unpaired) electrons. The fourth-order valence-electron chi connectivity index (χ4n) is 3.37. The number of nitrogens with zero attached hydrogens (tertiary/aromatic N) is 3. The lowest BCUT2D eigenvalue weighted by molar-refractivity contribution is -0.384. The van der Waals surface area contributed by atoms with Gasteiger partial charge in [0.2, 0.25) is 5.91 Å². The van der Waals surface area contributed by atoms with E-state index in [1.807, 2.05) is 4.90 Å². The summed E-state index contributed by atoms with van der Waals surface area (Å²) >= 11 is 0. The minimum absolute atomic E-state index is 0.000104. The zero-order valence-electron chi connectivity index (χ0n) is 17.2. The minimum Gasteiger partial charge on any atom is -0.465 e. The van der Waals surface area contributed by atoms with Gasteiger partial charge >= 0.3 is 5.97 Å². The first-order valence-electron chi connectivity index (χ1n) is 9.59. The lowest BCUT2D eigenvalue weighted by Gasteiger charge is -2.36. The highest BCUT2D eigenvalue weighted by Gasteiger charge is 2.23. The Morgan fingerprint density at radius 1 is 1.03 bits per heavy atom. The fraction of sp³-hybridized carbons (Fsp3) is 0.286. The van der Waals surface area contributed by atoms with Crippen LogP contribution in [0.5, 0.6) is 0 Å². The second kappa shape index (κ2) is 9.24. The van der Waals surface area contributed by atoms with E-state index in [0.717, 1.165) is 0 Å². The highest BCUT2D eigenvalue weighted by Crippen LogP contribution is 2.29. The lowest BCUT2D eigenvalue weighted by Crippen LogP contribution is -2.48. The van der Waals surface area contributed by atoms with E-state index < -0.39 is 16.8 Å². The van der Waals surface area contributed by atoms with Crippen molar-refractivity contribution < 1.29 is 24.0 Å². The van der Waals surface area contributed by atoms with Gasteiger partial charge in [0.15, 0.2) is 0 Å². The van der Waals surface area contributed by atoms with E-state index in [0.29, 0.717) is 37.6 Å². The summed E-state index contributed by atoms with van der Waals surface area (Å²) in [6.45, 7) is 3.69. The third-order valence-electron chi connectivity index (χ3n) is 5.05. The summed E-state index contributed by atoms with van der Waals surface area (Å²) in [4.78, 5) is 50.5. The fourth-order valence-corrected chi connectivity index (χ4v) is 3.37. The van der Waals surface area contributed by atoms with Gasteiger partial charge in [0.05, 0.1) is 29.0 Å². The van der Waals surface area contributed by atoms with Crippen molar-refractivity contribution >= 4 is 34.8 Å². The van der Waals surface area contributed by atoms with Crippen LogP contribution in [-0.4, -0.2) is 60.9 Å². The van der Waals surface area contributed by atoms with Crippen LogP contribution < -0.4 is 10.2 Å². The van der Waals surface area contributed by atoms with E-state index in [1.54, 1.807) is 17.0 Å². The van der Waals surface area contributed by atoms with Gasteiger partial charge in [0, 0.05) is 50.8 Å². The first-order valence-corrected chi connectivity index (χ1v) is 9.59. The van der Waals surface area contributed by atoms with Crippen molar-refractivity contribution in [3.8, 4) is 0 Å². The lowest BCUT2D eigenvalue weighted by atomic mass is 10.1. The maximum absolute atomic E-state index is 12.8. The highest BCUT2D eigenvalue weighted by atomic mass is 16.6. The molecule has 162 valence electrons. The van der Waals surface area contributed by atoms with Gasteiger partial charge < -0.3 is 19.9 Å². The Morgan fingerprint density at radius 2 is 1.74 bits per heavy atom. The molecule has 2 amide bonds. The Bertz CT molecular complexity index is 1030. The standard InChI is InChI=1S/C21H22N4O6/c1-14(26)23-8-10-24(11-9-23)19-7-6-16(21(28)31-2)13-18(19)22-20(27)15-4-3-5-17(12-15)25(29)30/h3-7,12-13H,8-11H2,1-2H3,(H,22,27). The number of nitrogens with one attached hydrogen (secondary N) is 1. The monoisotopic (exact) mass is 426 g/mol. The molecule has 1 fully saturated rings. The number of nitro groups is 1. The van der Waals surface area contributed by atoms with Gasteiger partial charge in [-0.2, -0.15) is 0 Å². The van der Waals surface area contributed by atoms with E-state index >= 15 is 0 Å². The molecule has 2 aromatic rings. The van der Waals surface area contributed by atoms with Crippen molar-refractivity contribution in [3.05, 3.63) is 63.7 Å². The van der Waals surface area contributed by atoms with Crippen molar-refractivity contribution in [3.63, 3.8) is 0 Å². The van der Waals surface area contributed by atoms with Crippen LogP contribution in [0.3, 0.4) is 0 Å². The van der Waals surface area contributed by atoms with Gasteiger partial charge in [-0.15, -0.1) is 0 Å². The number of hydrogen-bond acceptors (Lipinski definition) is 7. The van der Waals surface area contributed by atoms with Crippen molar-refractivity contribution in [1.29, 1.82) is 0 Å². The topological polar surface area (TPSA) is 122 Å². The van der Waals surface area contributed by atoms with Gasteiger partial charge in [-0.1, -0.05) is 6.07 Å². The molecule has 1 aliphatic heterocycles. The largest absolute Gasteiger partial charge is 0.465 e. The molecule has 0 aliphatic carbocycles. The number of ether oxygens (including phenoxy) is 1. The van der Waals surface area contributed by atoms with Gasteiger partial charge in [-0.3, -0.25) is 19.7 Å². The molecule has 1 N–H and O–H groups in total. The maximum Gasteiger partial charge on any atom is 0.337 e. The molecule has 1 saturated heterocycles. The molecule has 2 aromatic carbocycles. The van der Waals surface area contributed by atoms with E-state index in [4.69, 9.17) is 4.74 Å². The molecule has 0 spiro atoms. The number of esters is 1. The molecule has 10 nitrogen and oxygen atoms in total. The Balaban J connectivity index is 1.90. The number of rotatable bonds is 5. The average molecular weight is 426 g/mol. The number of anilines is 2. The Labute approximate surface area is 178 Å². The van der Waals surface area contributed by atoms with Crippen LogP contribution in [0.25, 0.3) is 0 Å². The van der Waals surface area contributed by atoms with Crippen LogP contribution in [0.1, 0.15) is 27.6 Å². The van der Waals surface area contributed by atoms with Crippen LogP contribution in [0.2, 0.25) is 0 Å². The number of non-ortho nitro benzene ring substituents is 1. The van der Waals surface area contributed by atoms with Crippen LogP contribution in [0.15, 0.2) is 42.5 Å². The number of amides is 2. The molecule has 0 unspecified atom stereocenters. The summed E-state index contributed by atoms with van der Waals surface area (Å²) in [7, 11) is 1.26. The first kappa shape index (κ1) is 21.8. The average Bonchev–Trinajstić information content (AvgIpc) is 2.78. The molecule has 0 atom stereocenters. The molecule has 0 aromatic heterocycles. The smallest absolute Gasteiger partial charge is 0.337 e. The van der Waals surface area contributed by atoms with Crippen molar-refractivity contribution in [2.75, 3.05) is 43.5 Å². The number of nitro benzene ring substituents is 1. The number of benzene rings is 2. The van der Waals surface area contributed by atoms with Gasteiger partial charge in [0.25, 0.3) is 11.6 Å². The summed E-state index contributed by atoms with van der Waals surface area (Å²) in [6.07, 6.45) is 0. The van der Waals surface area contributed by atoms with Crippen molar-refractivity contribution in [2.24, 2.45) is 0 Å². The third-order valence-corrected chi connectivity index (χ3v) is 5.05. The summed E-state index contributed by atoms with van der Waals surface area (Å²) in [5.74, 6) is -1.10. The molecule has 1 aliphatic rings. The van der Waals surface area contributed by atoms with E-state index in [1.165, 1.54) is 44.4 Å². The zero-order chi connectivity index (χ0) is 22.5. The predicted octanol–water partition coefficient (Wildman–Crippen LogP) is 2.30. The van der Waals surface area contributed by atoms with Gasteiger partial charge in [0.1, 0.15) is 0 Å². The molecule has 10 heteroatoms. The first-order chi connectivity index (χ1) is 14.8. The van der Waals surface area contributed by atoms with Crippen molar-refractivity contribution in [2.45, 2.75) is 6.92 Å². The molecule has 1 heterocycles. The van der Waals surface area contributed by atoms with E-state index in [9.17, 15) is 24.5 Å². The second-order valence-corrected chi connectivity index (χ2v) is 6.98. The van der Waals surface area contributed by atoms with Gasteiger partial charge in [-0.05, 0) is 24.3 Å². The van der Waals surface area contributed by atoms with E-state index in [-0.39, 0.29) is 22.7 Å². The molecule has 0 saturated carbocycles. The Hall–Kier alpha value is -3.95. The molecular weight excluding hydrogens is 404 g/mol. The summed E-state index contributed by atoms with van der Waals surface area (Å²) in [5, 5.41) is 13.8. The van der Waals surface area contributed by atoms with Crippen LogP contribution in [0, 0.1) is 10.1 Å². The number of carbonyl (C=O) groups is 3. The number of methoxy groups -OCH3 is 1. The zero-order valence-corrected chi connectivity index (χ0v) is 17.2. The van der Waals surface area contributed by atoms with Crippen LogP contribution in [-0.2, 0) is 9.53 Å². The third kappa shape index (κ3) is 4.97. The number of carbonyl (C=O) groups excluding carboxylic acids is 3. The predicted molar refractivity (Wildman–Crippen MR) is 113 cm³/mol. The number of hydrogen-bond donors (Lipinski definition) is 1. The molecular formula is C21H22N4O6. The molecule has 3 rings (SSSR count). The van der Waals surface area contributed by atoms with Gasteiger partial charge in [-0.25, -0.2) is 4.79 Å². The van der Waals surface area contributed by atoms with Crippen molar-refractivity contribution in [1.82, 2.24) is 4.90 Å². The maximum atomic E-state index is 12.8. The van der Waals surface area contributed by atoms with Crippen LogP contribution in [0.4, 0.5) is 17.1 Å². The highest BCUT2D eigenvalue weighted by molar-refractivity contribution is 6.07. The summed E-state index contributed by atoms with van der Waals surface area (Å²) < 4.78 is 4.76. The SMILES string of the molecule is COC(=O)c1ccc(N2CCN(C(C)=O)CC2)c(NC(=O)c2cccc([N+](=O)[O-])c2)c1. The normalized spacial score (nSPS) is 13.5. The summed E-state index contributed by atoms with van der Waals surface area (Å²) in [6, 6.07) is 10.2. The second-order valence-electron chi connectivity index (χ2n) is 6.98.